The van der Waals surface area contributed by atoms with Gasteiger partial charge in [-0.1, -0.05) is 67.1 Å². The van der Waals surface area contributed by atoms with Crippen molar-refractivity contribution in [2.24, 2.45) is 0 Å². The van der Waals surface area contributed by atoms with Gasteiger partial charge in [0.15, 0.2) is 0 Å². The van der Waals surface area contributed by atoms with Crippen LogP contribution in [0.15, 0.2) is 66.7 Å². The van der Waals surface area contributed by atoms with Gasteiger partial charge in [0.1, 0.15) is 11.5 Å². The van der Waals surface area contributed by atoms with E-state index in [1.54, 1.807) is 24.3 Å². The van der Waals surface area contributed by atoms with Crippen LogP contribution < -0.4 is 14.8 Å². The van der Waals surface area contributed by atoms with Crippen molar-refractivity contribution in [1.29, 1.82) is 0 Å². The molecule has 0 heterocycles. The number of benzene rings is 3. The quantitative estimate of drug-likeness (QED) is 0.228. The van der Waals surface area contributed by atoms with Gasteiger partial charge in [-0.05, 0) is 79.1 Å². The molecule has 0 fully saturated rings. The van der Waals surface area contributed by atoms with Crippen molar-refractivity contribution < 1.29 is 9.31 Å². The Morgan fingerprint density at radius 3 is 1.73 bits per heavy atom. The van der Waals surface area contributed by atoms with Crippen LogP contribution in [0.4, 0.5) is 0 Å². The third kappa shape index (κ3) is 6.87. The fourth-order valence-electron chi connectivity index (χ4n) is 3.19. The molecule has 0 saturated heterocycles. The second-order valence-electron chi connectivity index (χ2n) is 7.13. The van der Waals surface area contributed by atoms with E-state index in [4.69, 9.17) is 44.1 Å². The lowest BCUT2D eigenvalue weighted by molar-refractivity contribution is 0.438. The molecule has 6 heteroatoms. The van der Waals surface area contributed by atoms with E-state index in [9.17, 15) is 0 Å². The smallest absolute Gasteiger partial charge is 0.522 e. The molecule has 0 radical (unpaired) electrons. The highest BCUT2D eigenvalue weighted by atomic mass is 35.5. The summed E-state index contributed by atoms with van der Waals surface area (Å²) in [6.45, 7) is 2.21. The molecule has 0 N–H and O–H groups in total. The van der Waals surface area contributed by atoms with Gasteiger partial charge < -0.3 is 9.31 Å². The largest absolute Gasteiger partial charge is 0.632 e. The van der Waals surface area contributed by atoms with Crippen molar-refractivity contribution in [3.8, 4) is 11.5 Å². The SMILES string of the molecule is CCCCCCc1cc(Cl)ccc1B(Oc1ccc(Cl)cc1)Oc1ccc(Cl)cc1. The van der Waals surface area contributed by atoms with Crippen LogP contribution in [0.2, 0.25) is 15.1 Å². The maximum absolute atomic E-state index is 6.31. The second-order valence-corrected chi connectivity index (χ2v) is 8.44. The first-order valence-corrected chi connectivity index (χ1v) is 11.3. The Morgan fingerprint density at radius 1 is 0.667 bits per heavy atom. The molecule has 0 amide bonds. The van der Waals surface area contributed by atoms with Gasteiger partial charge in [-0.2, -0.15) is 0 Å². The fraction of sp³-hybridized carbons (Fsp3) is 0.250. The predicted octanol–water partition coefficient (Wildman–Crippen LogP) is 7.62. The fourth-order valence-corrected chi connectivity index (χ4v) is 3.63. The third-order valence-electron chi connectivity index (χ3n) is 4.77. The molecule has 156 valence electrons. The van der Waals surface area contributed by atoms with Gasteiger partial charge in [0.2, 0.25) is 0 Å². The van der Waals surface area contributed by atoms with Crippen molar-refractivity contribution in [1.82, 2.24) is 0 Å². The summed E-state index contributed by atoms with van der Waals surface area (Å²) >= 11 is 18.3. The molecular formula is C24H24BCl3O2. The molecule has 0 bridgehead atoms. The molecular weight excluding hydrogens is 437 g/mol. The lowest BCUT2D eigenvalue weighted by Gasteiger charge is -2.20. The monoisotopic (exact) mass is 460 g/mol. The van der Waals surface area contributed by atoms with Crippen molar-refractivity contribution in [2.45, 2.75) is 39.0 Å². The zero-order chi connectivity index (χ0) is 21.3. The maximum atomic E-state index is 6.31. The van der Waals surface area contributed by atoms with Gasteiger partial charge in [-0.15, -0.1) is 0 Å². The molecule has 3 aromatic carbocycles. The summed E-state index contributed by atoms with van der Waals surface area (Å²) in [5.74, 6) is 1.34. The van der Waals surface area contributed by atoms with Crippen molar-refractivity contribution in [2.75, 3.05) is 0 Å². The summed E-state index contributed by atoms with van der Waals surface area (Å²) in [5.41, 5.74) is 2.09. The van der Waals surface area contributed by atoms with Gasteiger partial charge in [0.25, 0.3) is 0 Å². The Labute approximate surface area is 194 Å². The molecule has 0 atom stereocenters. The molecule has 3 aromatic rings. The van der Waals surface area contributed by atoms with Gasteiger partial charge in [-0.25, -0.2) is 0 Å². The zero-order valence-electron chi connectivity index (χ0n) is 16.9. The van der Waals surface area contributed by atoms with Crippen LogP contribution in [0.3, 0.4) is 0 Å². The van der Waals surface area contributed by atoms with Gasteiger partial charge in [0.05, 0.1) is 0 Å². The number of hydrogen-bond donors (Lipinski definition) is 0. The van der Waals surface area contributed by atoms with Gasteiger partial charge in [0, 0.05) is 20.5 Å². The molecule has 0 saturated carbocycles. The Bertz CT molecular complexity index is 883. The van der Waals surface area contributed by atoms with Gasteiger partial charge in [-0.3, -0.25) is 0 Å². The summed E-state index contributed by atoms with van der Waals surface area (Å²) in [5, 5.41) is 2.02. The van der Waals surface area contributed by atoms with Crippen molar-refractivity contribution >= 4 is 47.4 Å². The molecule has 30 heavy (non-hydrogen) atoms. The minimum absolute atomic E-state index is 0.634. The molecule has 0 aromatic heterocycles. The Morgan fingerprint density at radius 2 is 1.20 bits per heavy atom. The first-order chi connectivity index (χ1) is 14.5. The van der Waals surface area contributed by atoms with E-state index >= 15 is 0 Å². The molecule has 3 rings (SSSR count). The van der Waals surface area contributed by atoms with E-state index in [2.05, 4.69) is 6.92 Å². The Balaban J connectivity index is 1.89. The van der Waals surface area contributed by atoms with Crippen LogP contribution in [0, 0.1) is 0 Å². The predicted molar refractivity (Wildman–Crippen MR) is 129 cm³/mol. The van der Waals surface area contributed by atoms with E-state index in [-0.39, 0.29) is 0 Å². The molecule has 0 aliphatic heterocycles. The number of halogens is 3. The minimum Gasteiger partial charge on any atom is -0.522 e. The second kappa shape index (κ2) is 11.5. The summed E-state index contributed by atoms with van der Waals surface area (Å²) in [6, 6.07) is 20.4. The van der Waals surface area contributed by atoms with E-state index in [0.29, 0.717) is 26.6 Å². The molecule has 0 unspecified atom stereocenters. The summed E-state index contributed by atoms with van der Waals surface area (Å²) in [7, 11) is -0.634. The van der Waals surface area contributed by atoms with Crippen LogP contribution in [-0.4, -0.2) is 7.12 Å². The van der Waals surface area contributed by atoms with Crippen molar-refractivity contribution in [3.05, 3.63) is 87.4 Å². The normalized spacial score (nSPS) is 10.7. The maximum Gasteiger partial charge on any atom is 0.632 e. The third-order valence-corrected chi connectivity index (χ3v) is 5.51. The first kappa shape index (κ1) is 22.9. The first-order valence-electron chi connectivity index (χ1n) is 10.2. The topological polar surface area (TPSA) is 18.5 Å². The van der Waals surface area contributed by atoms with Crippen molar-refractivity contribution in [3.63, 3.8) is 0 Å². The Hall–Kier alpha value is -1.81. The van der Waals surface area contributed by atoms with Crippen LogP contribution >= 0.6 is 34.8 Å². The van der Waals surface area contributed by atoms with E-state index < -0.39 is 7.12 Å². The standard InChI is InChI=1S/C24H24BCl3O2/c1-2-3-4-5-6-18-17-21(28)11-16-24(18)25(29-22-12-7-19(26)8-13-22)30-23-14-9-20(27)10-15-23/h7-17H,2-6H2,1H3. The average molecular weight is 462 g/mol. The molecule has 0 aliphatic carbocycles. The van der Waals surface area contributed by atoms with Gasteiger partial charge >= 0.3 is 7.12 Å². The number of aryl methyl sites for hydroxylation is 1. The summed E-state index contributed by atoms with van der Waals surface area (Å²) < 4.78 is 12.5. The van der Waals surface area contributed by atoms with Crippen LogP contribution in [-0.2, 0) is 6.42 Å². The van der Waals surface area contributed by atoms with E-state index in [1.165, 1.54) is 19.3 Å². The highest BCUT2D eigenvalue weighted by Crippen LogP contribution is 2.21. The molecule has 0 aliphatic rings. The van der Waals surface area contributed by atoms with Crippen LogP contribution in [0.25, 0.3) is 0 Å². The van der Waals surface area contributed by atoms with Crippen LogP contribution in [0.5, 0.6) is 11.5 Å². The number of rotatable bonds is 10. The Kier molecular flexibility index (Phi) is 8.81. The van der Waals surface area contributed by atoms with E-state index in [1.807, 2.05) is 42.5 Å². The van der Waals surface area contributed by atoms with E-state index in [0.717, 1.165) is 23.9 Å². The zero-order valence-corrected chi connectivity index (χ0v) is 19.2. The number of unbranched alkanes of at least 4 members (excludes halogenated alkanes) is 3. The highest BCUT2D eigenvalue weighted by molar-refractivity contribution is 6.63. The summed E-state index contributed by atoms with van der Waals surface area (Å²) in [6.07, 6.45) is 5.62. The average Bonchev–Trinajstić information content (AvgIpc) is 2.74. The minimum atomic E-state index is -0.634. The lowest BCUT2D eigenvalue weighted by Crippen LogP contribution is -2.44. The highest BCUT2D eigenvalue weighted by Gasteiger charge is 2.29. The molecule has 0 spiro atoms. The molecule has 2 nitrogen and oxygen atoms in total. The van der Waals surface area contributed by atoms with Crippen LogP contribution in [0.1, 0.15) is 38.2 Å². The number of hydrogen-bond acceptors (Lipinski definition) is 2. The summed E-state index contributed by atoms with van der Waals surface area (Å²) in [4.78, 5) is 0. The lowest BCUT2D eigenvalue weighted by atomic mass is 9.74.